The van der Waals surface area contributed by atoms with E-state index < -0.39 is 0 Å². The smallest absolute Gasteiger partial charge is 0.115 e. The van der Waals surface area contributed by atoms with Crippen molar-refractivity contribution in [1.82, 2.24) is 29.9 Å². The van der Waals surface area contributed by atoms with Gasteiger partial charge in [-0.05, 0) is 30.7 Å². The number of benzene rings is 1. The molecule has 124 valence electrons. The molecule has 0 fully saturated rings. The first-order chi connectivity index (χ1) is 12.2. The molecule has 4 aromatic rings. The maximum atomic E-state index is 6.23. The topological polar surface area (TPSA) is 72.3 Å². The third-order valence-corrected chi connectivity index (χ3v) is 4.33. The van der Waals surface area contributed by atoms with Crippen LogP contribution in [0.1, 0.15) is 11.3 Å². The van der Waals surface area contributed by atoms with Gasteiger partial charge in [0, 0.05) is 29.5 Å². The average molecular weight is 351 g/mol. The van der Waals surface area contributed by atoms with Gasteiger partial charge < -0.3 is 4.57 Å². The van der Waals surface area contributed by atoms with Gasteiger partial charge in [0.15, 0.2) is 0 Å². The van der Waals surface area contributed by atoms with E-state index in [1.54, 1.807) is 12.5 Å². The Kier molecular flexibility index (Phi) is 4.03. The first-order valence-electron chi connectivity index (χ1n) is 7.80. The van der Waals surface area contributed by atoms with Crippen molar-refractivity contribution in [3.63, 3.8) is 0 Å². The minimum atomic E-state index is 0.661. The van der Waals surface area contributed by atoms with Crippen molar-refractivity contribution < 1.29 is 0 Å². The Morgan fingerprint density at radius 2 is 1.96 bits per heavy atom. The highest BCUT2D eigenvalue weighted by molar-refractivity contribution is 6.31. The standard InChI is InChI=1S/C18H15ClN6/c1-12-18(23-24-22-12)13-6-7-20-16(8-13)17-10-25(11-21-17)9-14-4-2-3-5-15(14)19/h2-8,10-11H,9H2,1H3,(H,22,23,24). The lowest BCUT2D eigenvalue weighted by Gasteiger charge is -2.04. The summed E-state index contributed by atoms with van der Waals surface area (Å²) in [6.07, 6.45) is 5.51. The highest BCUT2D eigenvalue weighted by Gasteiger charge is 2.10. The van der Waals surface area contributed by atoms with Gasteiger partial charge in [0.1, 0.15) is 11.4 Å². The lowest BCUT2D eigenvalue weighted by atomic mass is 10.1. The van der Waals surface area contributed by atoms with Gasteiger partial charge in [-0.1, -0.05) is 29.8 Å². The summed E-state index contributed by atoms with van der Waals surface area (Å²) in [6.45, 7) is 2.58. The number of H-pyrrole nitrogens is 1. The van der Waals surface area contributed by atoms with Crippen molar-refractivity contribution >= 4 is 11.6 Å². The summed E-state index contributed by atoms with van der Waals surface area (Å²) in [6, 6.07) is 11.7. The van der Waals surface area contributed by atoms with Gasteiger partial charge >= 0.3 is 0 Å². The van der Waals surface area contributed by atoms with Crippen LogP contribution < -0.4 is 0 Å². The third kappa shape index (κ3) is 3.16. The molecule has 0 saturated heterocycles. The third-order valence-electron chi connectivity index (χ3n) is 3.96. The van der Waals surface area contributed by atoms with E-state index in [1.807, 2.05) is 54.1 Å². The molecule has 0 saturated carbocycles. The van der Waals surface area contributed by atoms with Crippen LogP contribution in [0.3, 0.4) is 0 Å². The number of aryl methyl sites for hydroxylation is 1. The van der Waals surface area contributed by atoms with Crippen molar-refractivity contribution in [3.05, 3.63) is 71.4 Å². The molecule has 0 aliphatic carbocycles. The lowest BCUT2D eigenvalue weighted by Crippen LogP contribution is -1.96. The first kappa shape index (κ1) is 15.5. The number of nitrogens with zero attached hydrogens (tertiary/aromatic N) is 5. The van der Waals surface area contributed by atoms with Gasteiger partial charge in [0.25, 0.3) is 0 Å². The van der Waals surface area contributed by atoms with Gasteiger partial charge in [-0.2, -0.15) is 15.4 Å². The number of aromatic amines is 1. The van der Waals surface area contributed by atoms with E-state index in [1.165, 1.54) is 0 Å². The number of hydrogen-bond acceptors (Lipinski definition) is 4. The van der Waals surface area contributed by atoms with Crippen LogP contribution in [0.15, 0.2) is 55.1 Å². The van der Waals surface area contributed by atoms with E-state index in [0.29, 0.717) is 6.54 Å². The Hall–Kier alpha value is -2.99. The maximum absolute atomic E-state index is 6.23. The van der Waals surface area contributed by atoms with Crippen molar-refractivity contribution in [2.45, 2.75) is 13.5 Å². The fourth-order valence-electron chi connectivity index (χ4n) is 2.68. The van der Waals surface area contributed by atoms with E-state index in [2.05, 4.69) is 25.4 Å². The summed E-state index contributed by atoms with van der Waals surface area (Å²) in [5.74, 6) is 0. The highest BCUT2D eigenvalue weighted by Crippen LogP contribution is 2.24. The number of hydrogen-bond donors (Lipinski definition) is 1. The normalized spacial score (nSPS) is 11.0. The highest BCUT2D eigenvalue weighted by atomic mass is 35.5. The van der Waals surface area contributed by atoms with Crippen molar-refractivity contribution in [2.24, 2.45) is 0 Å². The zero-order chi connectivity index (χ0) is 17.2. The molecule has 1 aromatic carbocycles. The van der Waals surface area contributed by atoms with Crippen LogP contribution in [0.5, 0.6) is 0 Å². The summed E-state index contributed by atoms with van der Waals surface area (Å²) in [7, 11) is 0. The van der Waals surface area contributed by atoms with Crippen molar-refractivity contribution in [2.75, 3.05) is 0 Å². The van der Waals surface area contributed by atoms with Crippen LogP contribution >= 0.6 is 11.6 Å². The second-order valence-corrected chi connectivity index (χ2v) is 6.12. The van der Waals surface area contributed by atoms with E-state index in [-0.39, 0.29) is 0 Å². The molecule has 4 rings (SSSR count). The van der Waals surface area contributed by atoms with Gasteiger partial charge in [0.05, 0.1) is 17.7 Å². The fourth-order valence-corrected chi connectivity index (χ4v) is 2.87. The largest absolute Gasteiger partial charge is 0.332 e. The molecule has 0 aliphatic rings. The van der Waals surface area contributed by atoms with Crippen molar-refractivity contribution in [1.29, 1.82) is 0 Å². The summed E-state index contributed by atoms with van der Waals surface area (Å²) in [4.78, 5) is 8.90. The molecular formula is C18H15ClN6. The second kappa shape index (κ2) is 6.49. The number of nitrogens with one attached hydrogen (secondary N) is 1. The molecule has 7 heteroatoms. The molecule has 0 radical (unpaired) electrons. The molecule has 6 nitrogen and oxygen atoms in total. The average Bonchev–Trinajstić information content (AvgIpc) is 3.26. The summed E-state index contributed by atoms with van der Waals surface area (Å²) < 4.78 is 1.99. The Bertz CT molecular complexity index is 1020. The number of halogens is 1. The van der Waals surface area contributed by atoms with Crippen LogP contribution in [-0.2, 0) is 6.54 Å². The Morgan fingerprint density at radius 1 is 1.08 bits per heavy atom. The molecular weight excluding hydrogens is 336 g/mol. The molecule has 0 spiro atoms. The molecule has 0 amide bonds. The number of rotatable bonds is 4. The molecule has 25 heavy (non-hydrogen) atoms. The predicted molar refractivity (Wildman–Crippen MR) is 96.1 cm³/mol. The van der Waals surface area contributed by atoms with Crippen LogP contribution in [0.2, 0.25) is 5.02 Å². The summed E-state index contributed by atoms with van der Waals surface area (Å²) in [5, 5.41) is 11.6. The van der Waals surface area contributed by atoms with Crippen molar-refractivity contribution in [3.8, 4) is 22.6 Å². The Labute approximate surface area is 149 Å². The number of aromatic nitrogens is 6. The minimum absolute atomic E-state index is 0.661. The lowest BCUT2D eigenvalue weighted by molar-refractivity contribution is 0.798. The molecule has 3 aromatic heterocycles. The second-order valence-electron chi connectivity index (χ2n) is 5.71. The first-order valence-corrected chi connectivity index (χ1v) is 8.18. The summed E-state index contributed by atoms with van der Waals surface area (Å²) in [5.41, 5.74) is 5.26. The summed E-state index contributed by atoms with van der Waals surface area (Å²) >= 11 is 6.23. The zero-order valence-electron chi connectivity index (χ0n) is 13.5. The molecule has 0 aliphatic heterocycles. The van der Waals surface area contributed by atoms with E-state index >= 15 is 0 Å². The molecule has 0 unspecified atom stereocenters. The predicted octanol–water partition coefficient (Wildman–Crippen LogP) is 3.74. The molecule has 0 bridgehead atoms. The van der Waals surface area contributed by atoms with Crippen LogP contribution in [0, 0.1) is 6.92 Å². The van der Waals surface area contributed by atoms with Gasteiger partial charge in [-0.3, -0.25) is 4.98 Å². The molecule has 3 heterocycles. The SMILES string of the molecule is Cc1n[nH]nc1-c1ccnc(-c2cn(Cc3ccccc3Cl)cn2)c1. The van der Waals surface area contributed by atoms with Crippen LogP contribution in [0.4, 0.5) is 0 Å². The van der Waals surface area contributed by atoms with Gasteiger partial charge in [-0.15, -0.1) is 0 Å². The molecule has 1 N–H and O–H groups in total. The fraction of sp³-hybridized carbons (Fsp3) is 0.111. The maximum Gasteiger partial charge on any atom is 0.115 e. The van der Waals surface area contributed by atoms with Crippen LogP contribution in [-0.4, -0.2) is 29.9 Å². The Balaban J connectivity index is 1.62. The number of pyridine rings is 1. The minimum Gasteiger partial charge on any atom is -0.332 e. The molecule has 0 atom stereocenters. The number of imidazole rings is 1. The van der Waals surface area contributed by atoms with Gasteiger partial charge in [0.2, 0.25) is 0 Å². The Morgan fingerprint density at radius 3 is 2.76 bits per heavy atom. The van der Waals surface area contributed by atoms with E-state index in [0.717, 1.165) is 38.9 Å². The van der Waals surface area contributed by atoms with E-state index in [4.69, 9.17) is 11.6 Å². The van der Waals surface area contributed by atoms with Gasteiger partial charge in [-0.25, -0.2) is 4.98 Å². The quantitative estimate of drug-likeness (QED) is 0.608. The van der Waals surface area contributed by atoms with E-state index in [9.17, 15) is 0 Å². The monoisotopic (exact) mass is 350 g/mol. The zero-order valence-corrected chi connectivity index (χ0v) is 14.3. The van der Waals surface area contributed by atoms with Crippen LogP contribution in [0.25, 0.3) is 22.6 Å².